The molecule has 1 saturated carbocycles. The number of aliphatic hydroxyl groups is 1. The first-order valence-corrected chi connectivity index (χ1v) is 8.00. The van der Waals surface area contributed by atoms with E-state index in [4.69, 9.17) is 4.74 Å². The minimum Gasteiger partial charge on any atom is -0.488 e. The van der Waals surface area contributed by atoms with Crippen LogP contribution in [-0.2, 0) is 4.79 Å². The summed E-state index contributed by atoms with van der Waals surface area (Å²) < 4.78 is 5.84. The molecular weight excluding hydrogens is 316 g/mol. The first-order chi connectivity index (χ1) is 10.6. The SMILES string of the molecule is CNCC(C)C(=O)Nc1ccc(OC2CCCCC2O)cc1.Cl. The molecule has 1 fully saturated rings. The van der Waals surface area contributed by atoms with Crippen molar-refractivity contribution < 1.29 is 14.6 Å². The van der Waals surface area contributed by atoms with E-state index < -0.39 is 0 Å². The van der Waals surface area contributed by atoms with Gasteiger partial charge < -0.3 is 20.5 Å². The summed E-state index contributed by atoms with van der Waals surface area (Å²) in [6, 6.07) is 7.32. The molecule has 1 aliphatic rings. The van der Waals surface area contributed by atoms with Crippen LogP contribution in [-0.4, -0.2) is 36.8 Å². The highest BCUT2D eigenvalue weighted by atomic mass is 35.5. The molecule has 3 N–H and O–H groups in total. The molecule has 0 aliphatic heterocycles. The summed E-state index contributed by atoms with van der Waals surface area (Å²) >= 11 is 0. The van der Waals surface area contributed by atoms with E-state index in [0.29, 0.717) is 6.54 Å². The molecule has 3 atom stereocenters. The van der Waals surface area contributed by atoms with Gasteiger partial charge in [-0.1, -0.05) is 13.3 Å². The molecule has 3 unspecified atom stereocenters. The highest BCUT2D eigenvalue weighted by Gasteiger charge is 2.24. The Labute approximate surface area is 144 Å². The van der Waals surface area contributed by atoms with Crippen LogP contribution in [0.1, 0.15) is 32.6 Å². The van der Waals surface area contributed by atoms with E-state index in [1.165, 1.54) is 0 Å². The fraction of sp³-hybridized carbons (Fsp3) is 0.588. The number of hydrogen-bond donors (Lipinski definition) is 3. The summed E-state index contributed by atoms with van der Waals surface area (Å²) in [7, 11) is 1.83. The second-order valence-electron chi connectivity index (χ2n) is 5.98. The number of ether oxygens (including phenoxy) is 1. The predicted molar refractivity (Wildman–Crippen MR) is 94.3 cm³/mol. The number of amides is 1. The van der Waals surface area contributed by atoms with Crippen LogP contribution in [0.25, 0.3) is 0 Å². The summed E-state index contributed by atoms with van der Waals surface area (Å²) in [5.41, 5.74) is 0.754. The lowest BCUT2D eigenvalue weighted by Crippen LogP contribution is -2.34. The van der Waals surface area contributed by atoms with Crippen molar-refractivity contribution in [1.82, 2.24) is 5.32 Å². The molecule has 5 nitrogen and oxygen atoms in total. The van der Waals surface area contributed by atoms with Crippen molar-refractivity contribution in [2.24, 2.45) is 5.92 Å². The van der Waals surface area contributed by atoms with Gasteiger partial charge in [-0.15, -0.1) is 12.4 Å². The topological polar surface area (TPSA) is 70.6 Å². The Kier molecular flexibility index (Phi) is 8.37. The van der Waals surface area contributed by atoms with Crippen LogP contribution in [0.2, 0.25) is 0 Å². The highest BCUT2D eigenvalue weighted by molar-refractivity contribution is 5.92. The van der Waals surface area contributed by atoms with E-state index in [-0.39, 0.29) is 36.4 Å². The van der Waals surface area contributed by atoms with E-state index in [1.54, 1.807) is 0 Å². The molecular formula is C17H27ClN2O3. The predicted octanol–water partition coefficient (Wildman–Crippen LogP) is 2.58. The van der Waals surface area contributed by atoms with Gasteiger partial charge in [0.1, 0.15) is 11.9 Å². The molecule has 1 aromatic carbocycles. The molecule has 0 radical (unpaired) electrons. The Morgan fingerprint density at radius 3 is 2.57 bits per heavy atom. The fourth-order valence-electron chi connectivity index (χ4n) is 2.67. The lowest BCUT2D eigenvalue weighted by molar-refractivity contribution is -0.119. The second kappa shape index (κ2) is 9.75. The normalized spacial score (nSPS) is 21.9. The maximum Gasteiger partial charge on any atom is 0.228 e. The average Bonchev–Trinajstić information content (AvgIpc) is 2.51. The quantitative estimate of drug-likeness (QED) is 0.743. The number of nitrogens with one attached hydrogen (secondary N) is 2. The zero-order valence-electron chi connectivity index (χ0n) is 13.7. The van der Waals surface area contributed by atoms with Gasteiger partial charge in [0.2, 0.25) is 5.91 Å². The van der Waals surface area contributed by atoms with Crippen LogP contribution >= 0.6 is 12.4 Å². The summed E-state index contributed by atoms with van der Waals surface area (Å²) in [5.74, 6) is 0.635. The van der Waals surface area contributed by atoms with Crippen molar-refractivity contribution in [1.29, 1.82) is 0 Å². The van der Waals surface area contributed by atoms with Crippen molar-refractivity contribution >= 4 is 24.0 Å². The number of carbonyl (C=O) groups is 1. The van der Waals surface area contributed by atoms with Gasteiger partial charge in [0, 0.05) is 18.2 Å². The number of aliphatic hydroxyl groups excluding tert-OH is 1. The zero-order chi connectivity index (χ0) is 15.9. The van der Waals surface area contributed by atoms with Gasteiger partial charge >= 0.3 is 0 Å². The van der Waals surface area contributed by atoms with E-state index in [0.717, 1.165) is 37.1 Å². The Hall–Kier alpha value is -1.30. The van der Waals surface area contributed by atoms with Gasteiger partial charge in [-0.3, -0.25) is 4.79 Å². The molecule has 0 saturated heterocycles. The minimum absolute atomic E-state index is 0. The molecule has 1 aliphatic carbocycles. The summed E-state index contributed by atoms with van der Waals surface area (Å²) in [5, 5.41) is 15.8. The molecule has 0 heterocycles. The molecule has 0 bridgehead atoms. The van der Waals surface area contributed by atoms with E-state index in [2.05, 4.69) is 10.6 Å². The molecule has 130 valence electrons. The maximum absolute atomic E-state index is 11.9. The average molecular weight is 343 g/mol. The number of carbonyl (C=O) groups excluding carboxylic acids is 1. The highest BCUT2D eigenvalue weighted by Crippen LogP contribution is 2.25. The molecule has 2 rings (SSSR count). The van der Waals surface area contributed by atoms with Gasteiger partial charge in [-0.25, -0.2) is 0 Å². The molecule has 0 aromatic heterocycles. The van der Waals surface area contributed by atoms with Crippen LogP contribution in [0.5, 0.6) is 5.75 Å². The van der Waals surface area contributed by atoms with Crippen molar-refractivity contribution in [2.45, 2.75) is 44.8 Å². The minimum atomic E-state index is -0.379. The number of benzene rings is 1. The zero-order valence-corrected chi connectivity index (χ0v) is 14.6. The van der Waals surface area contributed by atoms with Gasteiger partial charge in [0.05, 0.1) is 6.10 Å². The van der Waals surface area contributed by atoms with Crippen molar-refractivity contribution in [3.05, 3.63) is 24.3 Å². The summed E-state index contributed by atoms with van der Waals surface area (Å²) in [6.07, 6.45) is 3.36. The molecule has 1 amide bonds. The van der Waals surface area contributed by atoms with Crippen molar-refractivity contribution in [3.63, 3.8) is 0 Å². The number of halogens is 1. The Balaban J connectivity index is 0.00000264. The second-order valence-corrected chi connectivity index (χ2v) is 5.98. The smallest absolute Gasteiger partial charge is 0.228 e. The third-order valence-electron chi connectivity index (χ3n) is 4.03. The van der Waals surface area contributed by atoms with Gasteiger partial charge in [0.15, 0.2) is 0 Å². The molecule has 0 spiro atoms. The number of anilines is 1. The van der Waals surface area contributed by atoms with E-state index in [1.807, 2.05) is 38.2 Å². The third-order valence-corrected chi connectivity index (χ3v) is 4.03. The van der Waals surface area contributed by atoms with E-state index >= 15 is 0 Å². The number of hydrogen-bond acceptors (Lipinski definition) is 4. The Morgan fingerprint density at radius 1 is 1.30 bits per heavy atom. The van der Waals surface area contributed by atoms with Gasteiger partial charge in [-0.2, -0.15) is 0 Å². The fourth-order valence-corrected chi connectivity index (χ4v) is 2.67. The molecule has 23 heavy (non-hydrogen) atoms. The Morgan fingerprint density at radius 2 is 1.96 bits per heavy atom. The van der Waals surface area contributed by atoms with Crippen LogP contribution in [0.4, 0.5) is 5.69 Å². The number of rotatable bonds is 6. The lowest BCUT2D eigenvalue weighted by atomic mass is 9.95. The molecule has 1 aromatic rings. The van der Waals surface area contributed by atoms with Crippen LogP contribution in [0, 0.1) is 5.92 Å². The van der Waals surface area contributed by atoms with Crippen molar-refractivity contribution in [2.75, 3.05) is 18.9 Å². The lowest BCUT2D eigenvalue weighted by Gasteiger charge is -2.28. The first kappa shape index (κ1) is 19.7. The van der Waals surface area contributed by atoms with E-state index in [9.17, 15) is 9.90 Å². The standard InChI is InChI=1S/C17H26N2O3.ClH/c1-12(11-18-2)17(21)19-13-7-9-14(10-8-13)22-16-6-4-3-5-15(16)20;/h7-10,12,15-16,18,20H,3-6,11H2,1-2H3,(H,19,21);1H. The van der Waals surface area contributed by atoms with Gasteiger partial charge in [-0.05, 0) is 50.6 Å². The summed E-state index contributed by atoms with van der Waals surface area (Å²) in [4.78, 5) is 11.9. The first-order valence-electron chi connectivity index (χ1n) is 8.00. The third kappa shape index (κ3) is 6.01. The summed E-state index contributed by atoms with van der Waals surface area (Å²) in [6.45, 7) is 2.53. The van der Waals surface area contributed by atoms with Crippen LogP contribution in [0.3, 0.4) is 0 Å². The van der Waals surface area contributed by atoms with Gasteiger partial charge in [0.25, 0.3) is 0 Å². The van der Waals surface area contributed by atoms with Crippen LogP contribution < -0.4 is 15.4 Å². The van der Waals surface area contributed by atoms with Crippen molar-refractivity contribution in [3.8, 4) is 5.75 Å². The monoisotopic (exact) mass is 342 g/mol. The largest absolute Gasteiger partial charge is 0.488 e. The van der Waals surface area contributed by atoms with Crippen LogP contribution in [0.15, 0.2) is 24.3 Å². The maximum atomic E-state index is 11.9. The molecule has 6 heteroatoms. The Bertz CT molecular complexity index is 481.